The number of aromatic carboxylic acids is 1. The van der Waals surface area contributed by atoms with E-state index in [1.807, 2.05) is 0 Å². The van der Waals surface area contributed by atoms with E-state index in [-0.39, 0.29) is 16.9 Å². The summed E-state index contributed by atoms with van der Waals surface area (Å²) in [7, 11) is 1.68. The largest absolute Gasteiger partial charge is 0.478 e. The Morgan fingerprint density at radius 1 is 1.03 bits per heavy atom. The number of amides is 1. The highest BCUT2D eigenvalue weighted by atomic mass is 35.5. The normalized spacial score (nSPS) is 12.4. The van der Waals surface area contributed by atoms with Crippen molar-refractivity contribution in [3.63, 3.8) is 0 Å². The van der Waals surface area contributed by atoms with Crippen LogP contribution < -0.4 is 10.6 Å². The number of rotatable bonds is 6. The fourth-order valence-electron chi connectivity index (χ4n) is 3.99. The van der Waals surface area contributed by atoms with E-state index in [2.05, 4.69) is 10.6 Å². The lowest BCUT2D eigenvalue weighted by Crippen LogP contribution is -2.29. The van der Waals surface area contributed by atoms with Gasteiger partial charge in [-0.15, -0.1) is 0 Å². The van der Waals surface area contributed by atoms with Gasteiger partial charge >= 0.3 is 12.1 Å². The van der Waals surface area contributed by atoms with Gasteiger partial charge in [0.2, 0.25) is 0 Å². The highest BCUT2D eigenvalue weighted by Gasteiger charge is 2.31. The van der Waals surface area contributed by atoms with Crippen molar-refractivity contribution in [1.82, 2.24) is 9.88 Å². The number of anilines is 2. The predicted octanol–water partition coefficient (Wildman–Crippen LogP) is 6.78. The maximum absolute atomic E-state index is 13.4. The first-order valence-corrected chi connectivity index (χ1v) is 11.2. The Bertz CT molecular complexity index is 1460. The Kier molecular flexibility index (Phi) is 6.69. The molecule has 0 fully saturated rings. The van der Waals surface area contributed by atoms with Crippen LogP contribution in [0.4, 0.5) is 24.5 Å². The maximum atomic E-state index is 13.4. The molecule has 0 bridgehead atoms. The highest BCUT2D eigenvalue weighted by Crippen LogP contribution is 2.36. The van der Waals surface area contributed by atoms with Gasteiger partial charge in [-0.05, 0) is 61.0 Å². The Morgan fingerprint density at radius 2 is 1.72 bits per heavy atom. The van der Waals surface area contributed by atoms with Crippen LogP contribution in [0.3, 0.4) is 0 Å². The molecule has 0 radical (unpaired) electrons. The van der Waals surface area contributed by atoms with Crippen LogP contribution in [0, 0.1) is 0 Å². The molecule has 6 nitrogen and oxygen atoms in total. The van der Waals surface area contributed by atoms with Crippen LogP contribution >= 0.6 is 11.6 Å². The number of carboxylic acids is 1. The van der Waals surface area contributed by atoms with Crippen molar-refractivity contribution in [2.45, 2.75) is 19.1 Å². The molecule has 4 rings (SSSR count). The first-order valence-electron chi connectivity index (χ1n) is 10.8. The standard InChI is InChI=1S/C26H21ClF3N3O3/c1-14(15-6-8-16(9-7-15)25(35)36)31-24(34)23-22(20-13-18(27)10-11-21(20)33(23)2)32-19-5-3-4-17(12-19)26(28,29)30/h3-14,32H,1-2H3,(H,31,34)(H,35,36)/t14-/m0/s1. The average molecular weight is 516 g/mol. The van der Waals surface area contributed by atoms with E-state index in [0.29, 0.717) is 27.2 Å². The van der Waals surface area contributed by atoms with Crippen molar-refractivity contribution < 1.29 is 27.9 Å². The minimum Gasteiger partial charge on any atom is -0.478 e. The Labute approximate surface area is 209 Å². The number of aromatic nitrogens is 1. The van der Waals surface area contributed by atoms with E-state index in [1.165, 1.54) is 24.3 Å². The summed E-state index contributed by atoms with van der Waals surface area (Å²) in [6, 6.07) is 15.3. The Balaban J connectivity index is 1.73. The smallest absolute Gasteiger partial charge is 0.416 e. The number of alkyl halides is 3. The number of aryl methyl sites for hydroxylation is 1. The summed E-state index contributed by atoms with van der Waals surface area (Å²) in [6.07, 6.45) is -4.52. The molecular weight excluding hydrogens is 495 g/mol. The van der Waals surface area contributed by atoms with Crippen molar-refractivity contribution in [3.8, 4) is 0 Å². The molecule has 0 unspecified atom stereocenters. The van der Waals surface area contributed by atoms with Crippen LogP contribution in [-0.2, 0) is 13.2 Å². The van der Waals surface area contributed by atoms with Crippen LogP contribution in [0.25, 0.3) is 10.9 Å². The Morgan fingerprint density at radius 3 is 2.36 bits per heavy atom. The third-order valence-corrected chi connectivity index (χ3v) is 6.08. The lowest BCUT2D eigenvalue weighted by molar-refractivity contribution is -0.137. The summed E-state index contributed by atoms with van der Waals surface area (Å²) in [5, 5.41) is 15.9. The molecule has 3 aromatic carbocycles. The predicted molar refractivity (Wildman–Crippen MR) is 132 cm³/mol. The lowest BCUT2D eigenvalue weighted by Gasteiger charge is -2.17. The van der Waals surface area contributed by atoms with Gasteiger partial charge < -0.3 is 20.3 Å². The van der Waals surface area contributed by atoms with E-state index < -0.39 is 29.7 Å². The van der Waals surface area contributed by atoms with Crippen molar-refractivity contribution >= 4 is 45.8 Å². The van der Waals surface area contributed by atoms with Crippen LogP contribution in [0.2, 0.25) is 5.02 Å². The fraction of sp³-hybridized carbons (Fsp3) is 0.154. The number of carbonyl (C=O) groups excluding carboxylic acids is 1. The zero-order valence-corrected chi connectivity index (χ0v) is 19.9. The van der Waals surface area contributed by atoms with Gasteiger partial charge in [-0.2, -0.15) is 13.2 Å². The molecule has 1 aromatic heterocycles. The molecule has 0 aliphatic rings. The number of carboxylic acid groups (broad SMARTS) is 1. The van der Waals surface area contributed by atoms with Gasteiger partial charge in [0.05, 0.1) is 28.4 Å². The minimum absolute atomic E-state index is 0.121. The molecule has 0 saturated heterocycles. The van der Waals surface area contributed by atoms with Crippen LogP contribution in [0.1, 0.15) is 44.9 Å². The Hall–Kier alpha value is -3.98. The van der Waals surface area contributed by atoms with Gasteiger partial charge in [-0.1, -0.05) is 29.8 Å². The number of halogens is 4. The van der Waals surface area contributed by atoms with Crippen molar-refractivity contribution in [3.05, 3.63) is 94.1 Å². The quantitative estimate of drug-likeness (QED) is 0.264. The SMILES string of the molecule is C[C@H](NC(=O)c1c(Nc2cccc(C(F)(F)F)c2)c2cc(Cl)ccc2n1C)c1ccc(C(=O)O)cc1. The second-order valence-corrected chi connectivity index (χ2v) is 8.71. The summed E-state index contributed by atoms with van der Waals surface area (Å²) >= 11 is 6.19. The number of nitrogens with one attached hydrogen (secondary N) is 2. The van der Waals surface area contributed by atoms with E-state index in [1.54, 1.807) is 48.9 Å². The van der Waals surface area contributed by atoms with Crippen molar-refractivity contribution in [1.29, 1.82) is 0 Å². The fourth-order valence-corrected chi connectivity index (χ4v) is 4.16. The summed E-state index contributed by atoms with van der Waals surface area (Å²) in [5.41, 5.74) is 1.29. The monoisotopic (exact) mass is 515 g/mol. The summed E-state index contributed by atoms with van der Waals surface area (Å²) in [6.45, 7) is 1.74. The van der Waals surface area contributed by atoms with Gasteiger partial charge in [0.15, 0.2) is 0 Å². The van der Waals surface area contributed by atoms with Gasteiger partial charge in [-0.3, -0.25) is 4.79 Å². The highest BCUT2D eigenvalue weighted by molar-refractivity contribution is 6.31. The zero-order chi connectivity index (χ0) is 26.2. The second-order valence-electron chi connectivity index (χ2n) is 8.27. The topological polar surface area (TPSA) is 83.4 Å². The minimum atomic E-state index is -4.52. The third kappa shape index (κ3) is 5.01. The first kappa shape index (κ1) is 25.1. The molecule has 1 atom stereocenters. The molecular formula is C26H21ClF3N3O3. The number of hydrogen-bond acceptors (Lipinski definition) is 3. The third-order valence-electron chi connectivity index (χ3n) is 5.84. The van der Waals surface area contributed by atoms with Crippen LogP contribution in [0.5, 0.6) is 0 Å². The molecule has 1 heterocycles. The molecule has 1 amide bonds. The zero-order valence-electron chi connectivity index (χ0n) is 19.2. The number of fused-ring (bicyclic) bond motifs is 1. The summed E-state index contributed by atoms with van der Waals surface area (Å²) < 4.78 is 41.4. The van der Waals surface area contributed by atoms with Gasteiger partial charge in [-0.25, -0.2) is 4.79 Å². The molecule has 10 heteroatoms. The van der Waals surface area contributed by atoms with E-state index >= 15 is 0 Å². The molecule has 0 aliphatic carbocycles. The molecule has 186 valence electrons. The van der Waals surface area contributed by atoms with Gasteiger partial charge in [0.25, 0.3) is 5.91 Å². The maximum Gasteiger partial charge on any atom is 0.416 e. The first-order chi connectivity index (χ1) is 17.0. The molecule has 36 heavy (non-hydrogen) atoms. The molecule has 0 spiro atoms. The van der Waals surface area contributed by atoms with Crippen LogP contribution in [0.15, 0.2) is 66.7 Å². The number of nitrogens with zero attached hydrogens (tertiary/aromatic N) is 1. The van der Waals surface area contributed by atoms with Crippen LogP contribution in [-0.4, -0.2) is 21.6 Å². The lowest BCUT2D eigenvalue weighted by atomic mass is 10.1. The van der Waals surface area contributed by atoms with Gasteiger partial charge in [0, 0.05) is 23.1 Å². The van der Waals surface area contributed by atoms with E-state index in [0.717, 1.165) is 12.1 Å². The average Bonchev–Trinajstić information content (AvgIpc) is 3.09. The molecule has 3 N–H and O–H groups in total. The van der Waals surface area contributed by atoms with Gasteiger partial charge in [0.1, 0.15) is 5.69 Å². The molecule has 4 aromatic rings. The number of carbonyl (C=O) groups is 2. The van der Waals surface area contributed by atoms with Crippen molar-refractivity contribution in [2.24, 2.45) is 7.05 Å². The van der Waals surface area contributed by atoms with E-state index in [4.69, 9.17) is 16.7 Å². The molecule has 0 saturated carbocycles. The number of hydrogen-bond donors (Lipinski definition) is 3. The summed E-state index contributed by atoms with van der Waals surface area (Å²) in [4.78, 5) is 24.5. The van der Waals surface area contributed by atoms with E-state index in [9.17, 15) is 22.8 Å². The summed E-state index contributed by atoms with van der Waals surface area (Å²) in [5.74, 6) is -1.54. The number of benzene rings is 3. The second kappa shape index (κ2) is 9.58. The molecule has 0 aliphatic heterocycles. The van der Waals surface area contributed by atoms with Crippen molar-refractivity contribution in [2.75, 3.05) is 5.32 Å².